The molecule has 6 heteroatoms. The van der Waals surface area contributed by atoms with Crippen molar-refractivity contribution in [1.82, 2.24) is 9.80 Å². The summed E-state index contributed by atoms with van der Waals surface area (Å²) in [5, 5.41) is 3.89. The van der Waals surface area contributed by atoms with Crippen molar-refractivity contribution in [3.8, 4) is 0 Å². The maximum Gasteiger partial charge on any atom is 0.227 e. The van der Waals surface area contributed by atoms with E-state index in [0.29, 0.717) is 0 Å². The van der Waals surface area contributed by atoms with Gasteiger partial charge in [-0.05, 0) is 74.9 Å². The molecule has 30 heavy (non-hydrogen) atoms. The molecular weight excluding hydrogens is 396 g/mol. The van der Waals surface area contributed by atoms with Crippen molar-refractivity contribution in [2.45, 2.75) is 19.4 Å². The first-order valence-electron chi connectivity index (χ1n) is 10.9. The minimum Gasteiger partial charge on any atom is -0.369 e. The number of piperidine rings is 1. The van der Waals surface area contributed by atoms with E-state index in [1.807, 2.05) is 24.3 Å². The Bertz CT molecular complexity index is 823. The number of likely N-dealkylation sites (tertiary alicyclic amines) is 1. The molecule has 160 valence electrons. The predicted octanol–water partition coefficient (Wildman–Crippen LogP) is 3.94. The fourth-order valence-corrected chi connectivity index (χ4v) is 4.39. The topological polar surface area (TPSA) is 38.8 Å². The van der Waals surface area contributed by atoms with Crippen LogP contribution < -0.4 is 10.2 Å². The van der Waals surface area contributed by atoms with E-state index >= 15 is 0 Å². The second-order valence-corrected chi connectivity index (χ2v) is 8.94. The van der Waals surface area contributed by atoms with Crippen molar-refractivity contribution < 1.29 is 4.79 Å². The third kappa shape index (κ3) is 5.54. The monoisotopic (exact) mass is 426 g/mol. The quantitative estimate of drug-likeness (QED) is 0.785. The first-order valence-corrected chi connectivity index (χ1v) is 11.3. The van der Waals surface area contributed by atoms with E-state index < -0.39 is 0 Å². The maximum atomic E-state index is 12.7. The van der Waals surface area contributed by atoms with Gasteiger partial charge in [0.05, 0.1) is 0 Å². The lowest BCUT2D eigenvalue weighted by molar-refractivity contribution is -0.121. The lowest BCUT2D eigenvalue weighted by Gasteiger charge is -2.34. The van der Waals surface area contributed by atoms with Crippen LogP contribution in [0.4, 0.5) is 11.4 Å². The number of amides is 1. The van der Waals surface area contributed by atoms with Gasteiger partial charge in [0.1, 0.15) is 0 Å². The highest BCUT2D eigenvalue weighted by Crippen LogP contribution is 2.23. The molecule has 2 saturated heterocycles. The zero-order valence-electron chi connectivity index (χ0n) is 17.7. The molecule has 2 fully saturated rings. The second kappa shape index (κ2) is 9.82. The van der Waals surface area contributed by atoms with Crippen molar-refractivity contribution in [1.29, 1.82) is 0 Å². The van der Waals surface area contributed by atoms with Crippen LogP contribution in [-0.4, -0.2) is 62.0 Å². The summed E-state index contributed by atoms with van der Waals surface area (Å²) < 4.78 is 0. The molecular formula is C24H31ClN4O. The molecule has 0 saturated carbocycles. The number of likely N-dealkylation sites (N-methyl/N-ethyl adjacent to an activating group) is 1. The number of halogens is 1. The average molecular weight is 427 g/mol. The van der Waals surface area contributed by atoms with Gasteiger partial charge in [-0.15, -0.1) is 0 Å². The van der Waals surface area contributed by atoms with E-state index in [1.165, 1.54) is 11.3 Å². The van der Waals surface area contributed by atoms with E-state index in [9.17, 15) is 4.79 Å². The fourth-order valence-electron chi connectivity index (χ4n) is 4.27. The van der Waals surface area contributed by atoms with Crippen molar-refractivity contribution in [2.24, 2.45) is 5.92 Å². The molecule has 0 unspecified atom stereocenters. The van der Waals surface area contributed by atoms with Gasteiger partial charge in [-0.2, -0.15) is 0 Å². The molecule has 2 aromatic carbocycles. The van der Waals surface area contributed by atoms with Crippen molar-refractivity contribution >= 4 is 28.9 Å². The number of benzene rings is 2. The Morgan fingerprint density at radius 1 is 0.933 bits per heavy atom. The summed E-state index contributed by atoms with van der Waals surface area (Å²) in [5.41, 5.74) is 3.39. The van der Waals surface area contributed by atoms with Crippen LogP contribution in [0.15, 0.2) is 48.5 Å². The lowest BCUT2D eigenvalue weighted by atomic mass is 9.95. The van der Waals surface area contributed by atoms with Gasteiger partial charge in [0.25, 0.3) is 0 Å². The Balaban J connectivity index is 1.24. The summed E-state index contributed by atoms with van der Waals surface area (Å²) in [6, 6.07) is 16.3. The standard InChI is InChI=1S/C24H31ClN4O/c1-27-14-16-29(17-15-27)23-8-6-22(7-9-23)26-24(30)20-10-12-28(13-11-20)18-19-2-4-21(25)5-3-19/h2-9,20H,10-18H2,1H3,(H,26,30). The zero-order chi connectivity index (χ0) is 20.9. The molecule has 1 amide bonds. The van der Waals surface area contributed by atoms with Crippen LogP contribution in [0.3, 0.4) is 0 Å². The van der Waals surface area contributed by atoms with Crippen LogP contribution >= 0.6 is 11.6 Å². The van der Waals surface area contributed by atoms with E-state index in [-0.39, 0.29) is 11.8 Å². The molecule has 5 nitrogen and oxygen atoms in total. The number of nitrogens with one attached hydrogen (secondary N) is 1. The number of rotatable bonds is 5. The minimum atomic E-state index is 0.0868. The van der Waals surface area contributed by atoms with Crippen LogP contribution in [0.1, 0.15) is 18.4 Å². The van der Waals surface area contributed by atoms with Gasteiger partial charge in [0.2, 0.25) is 5.91 Å². The summed E-state index contributed by atoms with van der Waals surface area (Å²) in [5.74, 6) is 0.234. The molecule has 0 aliphatic carbocycles. The Morgan fingerprint density at radius 3 is 2.20 bits per heavy atom. The number of nitrogens with zero attached hydrogens (tertiary/aromatic N) is 3. The molecule has 0 aromatic heterocycles. The van der Waals surface area contributed by atoms with E-state index in [2.05, 4.69) is 51.3 Å². The normalized spacial score (nSPS) is 19.1. The molecule has 2 aliphatic rings. The van der Waals surface area contributed by atoms with Gasteiger partial charge in [0.15, 0.2) is 0 Å². The number of carbonyl (C=O) groups is 1. The highest BCUT2D eigenvalue weighted by molar-refractivity contribution is 6.30. The summed E-state index contributed by atoms with van der Waals surface area (Å²) in [4.78, 5) is 19.9. The van der Waals surface area contributed by atoms with Crippen LogP contribution in [0.25, 0.3) is 0 Å². The van der Waals surface area contributed by atoms with Crippen LogP contribution in [0, 0.1) is 5.92 Å². The summed E-state index contributed by atoms with van der Waals surface area (Å²) >= 11 is 5.97. The number of hydrogen-bond acceptors (Lipinski definition) is 4. The highest BCUT2D eigenvalue weighted by atomic mass is 35.5. The summed E-state index contributed by atoms with van der Waals surface area (Å²) in [7, 11) is 2.16. The number of anilines is 2. The molecule has 2 aromatic rings. The highest BCUT2D eigenvalue weighted by Gasteiger charge is 2.25. The Hall–Kier alpha value is -2.08. The third-order valence-corrected chi connectivity index (χ3v) is 6.53. The number of hydrogen-bond donors (Lipinski definition) is 1. The second-order valence-electron chi connectivity index (χ2n) is 8.50. The molecule has 2 aliphatic heterocycles. The van der Waals surface area contributed by atoms with Gasteiger partial charge in [-0.3, -0.25) is 9.69 Å². The Kier molecular flexibility index (Phi) is 6.93. The van der Waals surface area contributed by atoms with Crippen molar-refractivity contribution in [3.05, 3.63) is 59.1 Å². The first-order chi connectivity index (χ1) is 14.6. The SMILES string of the molecule is CN1CCN(c2ccc(NC(=O)C3CCN(Cc4ccc(Cl)cc4)CC3)cc2)CC1. The molecule has 0 spiro atoms. The van der Waals surface area contributed by atoms with E-state index in [0.717, 1.165) is 69.4 Å². The molecule has 2 heterocycles. The van der Waals surface area contributed by atoms with Gasteiger partial charge in [-0.1, -0.05) is 23.7 Å². The fraction of sp³-hybridized carbons (Fsp3) is 0.458. The Morgan fingerprint density at radius 2 is 1.57 bits per heavy atom. The van der Waals surface area contributed by atoms with Gasteiger partial charge in [0, 0.05) is 55.0 Å². The van der Waals surface area contributed by atoms with Crippen molar-refractivity contribution in [2.75, 3.05) is 56.5 Å². The first kappa shape index (κ1) is 21.2. The smallest absolute Gasteiger partial charge is 0.227 e. The predicted molar refractivity (Wildman–Crippen MR) is 124 cm³/mol. The van der Waals surface area contributed by atoms with Crippen LogP contribution in [-0.2, 0) is 11.3 Å². The van der Waals surface area contributed by atoms with E-state index in [4.69, 9.17) is 11.6 Å². The molecule has 0 radical (unpaired) electrons. The third-order valence-electron chi connectivity index (χ3n) is 6.28. The summed E-state index contributed by atoms with van der Waals surface area (Å²) in [6.45, 7) is 7.10. The Labute approximate surface area is 184 Å². The number of piperazine rings is 1. The molecule has 0 bridgehead atoms. The van der Waals surface area contributed by atoms with Crippen LogP contribution in [0.5, 0.6) is 0 Å². The van der Waals surface area contributed by atoms with Gasteiger partial charge < -0.3 is 15.1 Å². The molecule has 4 rings (SSSR count). The summed E-state index contributed by atoms with van der Waals surface area (Å²) in [6.07, 6.45) is 1.80. The van der Waals surface area contributed by atoms with Gasteiger partial charge >= 0.3 is 0 Å². The van der Waals surface area contributed by atoms with Crippen molar-refractivity contribution in [3.63, 3.8) is 0 Å². The molecule has 0 atom stereocenters. The van der Waals surface area contributed by atoms with Crippen LogP contribution in [0.2, 0.25) is 5.02 Å². The lowest BCUT2D eigenvalue weighted by Crippen LogP contribution is -2.44. The maximum absolute atomic E-state index is 12.7. The number of carbonyl (C=O) groups excluding carboxylic acids is 1. The zero-order valence-corrected chi connectivity index (χ0v) is 18.4. The minimum absolute atomic E-state index is 0.0868. The van der Waals surface area contributed by atoms with Gasteiger partial charge in [-0.25, -0.2) is 0 Å². The largest absolute Gasteiger partial charge is 0.369 e. The average Bonchev–Trinajstić information content (AvgIpc) is 2.77. The van der Waals surface area contributed by atoms with E-state index in [1.54, 1.807) is 0 Å². The molecule has 1 N–H and O–H groups in total.